The Balaban J connectivity index is 2.54. The summed E-state index contributed by atoms with van der Waals surface area (Å²) in [7, 11) is 0. The molecule has 8 heteroatoms. The number of likely N-dealkylation sites (tertiary alicyclic amines) is 1. The molecule has 1 aromatic heterocycles. The van der Waals surface area contributed by atoms with E-state index in [0.717, 1.165) is 0 Å². The number of quaternary nitrogens is 1. The van der Waals surface area contributed by atoms with E-state index in [4.69, 9.17) is 0 Å². The van der Waals surface area contributed by atoms with E-state index < -0.39 is 33.4 Å². The van der Waals surface area contributed by atoms with Crippen LogP contribution in [0.4, 0.5) is 4.79 Å². The number of carbonyl (C=O) groups is 3. The van der Waals surface area contributed by atoms with Gasteiger partial charge in [0.05, 0.1) is 13.0 Å². The summed E-state index contributed by atoms with van der Waals surface area (Å²) >= 11 is 3.18. The minimum Gasteiger partial charge on any atom is -0.477 e. The fourth-order valence-electron chi connectivity index (χ4n) is 4.03. The lowest BCUT2D eigenvalue weighted by atomic mass is 9.82. The summed E-state index contributed by atoms with van der Waals surface area (Å²) in [5.74, 6) is -1.67. The Kier molecular flexibility index (Phi) is 5.07. The number of amides is 1. The maximum Gasteiger partial charge on any atom is 0.514 e. The van der Waals surface area contributed by atoms with Crippen molar-refractivity contribution in [2.75, 3.05) is 6.54 Å². The molecular weight excluding hydrogens is 392 g/mol. The summed E-state index contributed by atoms with van der Waals surface area (Å²) in [6.45, 7) is 5.29. The Labute approximate surface area is 154 Å². The smallest absolute Gasteiger partial charge is 0.477 e. The van der Waals surface area contributed by atoms with Crippen molar-refractivity contribution >= 4 is 33.8 Å². The van der Waals surface area contributed by atoms with E-state index in [9.17, 15) is 24.6 Å². The van der Waals surface area contributed by atoms with Gasteiger partial charge in [0.25, 0.3) is 0 Å². The maximum absolute atomic E-state index is 12.7. The lowest BCUT2D eigenvalue weighted by Gasteiger charge is -2.49. The number of Topliss-reactive ketones (excluding diaryl/α,β-unsaturated/α-hetero) is 1. The summed E-state index contributed by atoms with van der Waals surface area (Å²) in [4.78, 5) is 41.2. The van der Waals surface area contributed by atoms with Crippen molar-refractivity contribution in [3.05, 3.63) is 28.5 Å². The fraction of sp³-hybridized carbons (Fsp3) is 0.529. The highest BCUT2D eigenvalue weighted by atomic mass is 79.9. The minimum absolute atomic E-state index is 0.140. The first kappa shape index (κ1) is 19.5. The molecule has 7 nitrogen and oxygen atoms in total. The fourth-order valence-corrected chi connectivity index (χ4v) is 4.27. The van der Waals surface area contributed by atoms with Crippen LogP contribution in [0.5, 0.6) is 0 Å². The van der Waals surface area contributed by atoms with Gasteiger partial charge in [-0.1, -0.05) is 0 Å². The average molecular weight is 414 g/mol. The summed E-state index contributed by atoms with van der Waals surface area (Å²) in [5, 5.41) is 20.0. The van der Waals surface area contributed by atoms with Crippen LogP contribution in [0.1, 0.15) is 50.4 Å². The van der Waals surface area contributed by atoms with Crippen molar-refractivity contribution in [1.29, 1.82) is 0 Å². The van der Waals surface area contributed by atoms with Crippen LogP contribution >= 0.6 is 15.9 Å². The van der Waals surface area contributed by atoms with E-state index in [1.807, 2.05) is 0 Å². The largest absolute Gasteiger partial charge is 0.514 e. The third kappa shape index (κ3) is 2.97. The molecule has 2 rings (SSSR count). The van der Waals surface area contributed by atoms with E-state index in [1.165, 1.54) is 6.20 Å². The molecule has 1 amide bonds. The predicted molar refractivity (Wildman–Crippen MR) is 93.4 cm³/mol. The van der Waals surface area contributed by atoms with Gasteiger partial charge in [0.2, 0.25) is 5.54 Å². The molecule has 0 radical (unpaired) electrons. The van der Waals surface area contributed by atoms with Crippen LogP contribution in [0.3, 0.4) is 0 Å². The topological polar surface area (TPSA) is 105 Å². The van der Waals surface area contributed by atoms with Gasteiger partial charge < -0.3 is 10.2 Å². The number of aliphatic carboxylic acids is 1. The van der Waals surface area contributed by atoms with Gasteiger partial charge in [-0.25, -0.2) is 14.3 Å². The first-order valence-corrected chi connectivity index (χ1v) is 8.77. The zero-order chi connectivity index (χ0) is 19.0. The van der Waals surface area contributed by atoms with Crippen molar-refractivity contribution in [2.45, 2.75) is 51.1 Å². The normalized spacial score (nSPS) is 26.4. The maximum atomic E-state index is 12.7. The molecule has 1 aliphatic heterocycles. The van der Waals surface area contributed by atoms with E-state index >= 15 is 0 Å². The molecule has 1 fully saturated rings. The molecule has 2 heterocycles. The molecule has 25 heavy (non-hydrogen) atoms. The highest BCUT2D eigenvalue weighted by Crippen LogP contribution is 2.47. The molecule has 1 unspecified atom stereocenters. The van der Waals surface area contributed by atoms with Gasteiger partial charge in [-0.05, 0) is 48.8 Å². The van der Waals surface area contributed by atoms with Crippen LogP contribution in [0, 0.1) is 0 Å². The van der Waals surface area contributed by atoms with Crippen LogP contribution < -0.4 is 0 Å². The summed E-state index contributed by atoms with van der Waals surface area (Å²) < 4.78 is -0.103. The predicted octanol–water partition coefficient (Wildman–Crippen LogP) is 3.33. The van der Waals surface area contributed by atoms with E-state index in [-0.39, 0.29) is 24.9 Å². The summed E-state index contributed by atoms with van der Waals surface area (Å²) in [5.41, 5.74) is -2.30. The van der Waals surface area contributed by atoms with Crippen LogP contribution in [-0.2, 0) is 4.79 Å². The molecule has 2 atom stereocenters. The Bertz CT molecular complexity index is 713. The first-order chi connectivity index (χ1) is 11.5. The molecule has 1 saturated heterocycles. The molecule has 0 aromatic carbocycles. The highest BCUT2D eigenvalue weighted by Gasteiger charge is 2.70. The Morgan fingerprint density at radius 2 is 1.92 bits per heavy atom. The van der Waals surface area contributed by atoms with Crippen LogP contribution in [0.25, 0.3) is 0 Å². The van der Waals surface area contributed by atoms with Crippen LogP contribution in [-0.4, -0.2) is 55.1 Å². The lowest BCUT2D eigenvalue weighted by molar-refractivity contribution is -0.929. The summed E-state index contributed by atoms with van der Waals surface area (Å²) in [6.07, 6.45) is 0.344. The number of pyridine rings is 1. The van der Waals surface area contributed by atoms with Crippen molar-refractivity contribution in [2.24, 2.45) is 0 Å². The van der Waals surface area contributed by atoms with Gasteiger partial charge in [0, 0.05) is 24.6 Å². The van der Waals surface area contributed by atoms with Gasteiger partial charge in [0.1, 0.15) is 10.1 Å². The van der Waals surface area contributed by atoms with Crippen LogP contribution in [0.15, 0.2) is 22.9 Å². The van der Waals surface area contributed by atoms with Gasteiger partial charge in [-0.15, -0.1) is 0 Å². The van der Waals surface area contributed by atoms with Gasteiger partial charge >= 0.3 is 12.1 Å². The number of carboxylic acid groups (broad SMARTS) is 2. The first-order valence-electron chi connectivity index (χ1n) is 7.98. The zero-order valence-electron chi connectivity index (χ0n) is 14.5. The zero-order valence-corrected chi connectivity index (χ0v) is 16.0. The second-order valence-electron chi connectivity index (χ2n) is 7.40. The molecule has 0 bridgehead atoms. The number of hydrogen-bond donors (Lipinski definition) is 2. The Morgan fingerprint density at radius 1 is 1.28 bits per heavy atom. The molecule has 136 valence electrons. The van der Waals surface area contributed by atoms with Crippen molar-refractivity contribution in [3.8, 4) is 0 Å². The Morgan fingerprint density at radius 3 is 2.36 bits per heavy atom. The SMILES string of the molecule is CC(C)(C)[N+]1(C(=O)O)CCC[C@]1(CC(=O)c1ccc(Br)nc1)C(=O)O. The van der Waals surface area contributed by atoms with E-state index in [1.54, 1.807) is 32.9 Å². The third-order valence-electron chi connectivity index (χ3n) is 5.19. The van der Waals surface area contributed by atoms with Crippen molar-refractivity contribution in [3.63, 3.8) is 0 Å². The monoisotopic (exact) mass is 413 g/mol. The number of aromatic nitrogens is 1. The second-order valence-corrected chi connectivity index (χ2v) is 8.21. The minimum atomic E-state index is -1.70. The Hall–Kier alpha value is -1.80. The highest BCUT2D eigenvalue weighted by molar-refractivity contribution is 9.10. The van der Waals surface area contributed by atoms with Gasteiger partial charge in [-0.2, -0.15) is 4.79 Å². The number of ketones is 1. The number of rotatable bonds is 4. The number of carboxylic acids is 1. The second kappa shape index (κ2) is 6.49. The molecule has 0 spiro atoms. The lowest BCUT2D eigenvalue weighted by Crippen LogP contribution is -2.74. The number of halogens is 1. The molecule has 0 saturated carbocycles. The van der Waals surface area contributed by atoms with Gasteiger partial charge in [-0.3, -0.25) is 4.79 Å². The van der Waals surface area contributed by atoms with Crippen molar-refractivity contribution < 1.29 is 29.1 Å². The molecule has 1 aliphatic rings. The van der Waals surface area contributed by atoms with E-state index in [2.05, 4.69) is 20.9 Å². The number of hydrogen-bond acceptors (Lipinski definition) is 4. The average Bonchev–Trinajstić information content (AvgIpc) is 2.89. The molecule has 2 N–H and O–H groups in total. The third-order valence-corrected chi connectivity index (χ3v) is 5.66. The standard InChI is InChI=1S/C17H21BrN2O5/c1-16(2,3)20(15(24)25)8-4-7-17(20,14(22)23)9-12(21)11-5-6-13(18)19-10-11/h5-6,10H,4,7-9H2,1-3H3,(H-,22,23,24,25)/p+1/t17-,20?/m0/s1. The molecule has 0 aliphatic carbocycles. The quantitative estimate of drug-likeness (QED) is 0.445. The van der Waals surface area contributed by atoms with Crippen molar-refractivity contribution in [1.82, 2.24) is 4.98 Å². The van der Waals surface area contributed by atoms with Crippen LogP contribution in [0.2, 0.25) is 0 Å². The van der Waals surface area contributed by atoms with E-state index in [0.29, 0.717) is 11.0 Å². The van der Waals surface area contributed by atoms with Gasteiger partial charge in [0.15, 0.2) is 5.78 Å². The number of nitrogens with zero attached hydrogens (tertiary/aromatic N) is 2. The summed E-state index contributed by atoms with van der Waals surface area (Å²) in [6, 6.07) is 3.15. The molecule has 1 aromatic rings. The molecular formula is C17H22BrN2O5+. The number of carbonyl (C=O) groups excluding carboxylic acids is 1.